The Balaban J connectivity index is 1.43. The molecule has 0 bridgehead atoms. The minimum atomic E-state index is -0.215. The van der Waals surface area contributed by atoms with Crippen LogP contribution in [0.1, 0.15) is 103 Å². The molecular formula is C56H57N3O. The Morgan fingerprint density at radius 3 is 1.80 bits per heavy atom. The van der Waals surface area contributed by atoms with Crippen LogP contribution >= 0.6 is 0 Å². The molecule has 2 aromatic heterocycles. The fourth-order valence-corrected chi connectivity index (χ4v) is 8.29. The van der Waals surface area contributed by atoms with Crippen molar-refractivity contribution in [2.75, 3.05) is 0 Å². The highest BCUT2D eigenvalue weighted by Crippen LogP contribution is 2.45. The zero-order valence-electron chi connectivity index (χ0n) is 36.8. The Kier molecular flexibility index (Phi) is 10.6. The van der Waals surface area contributed by atoms with Crippen molar-refractivity contribution in [3.8, 4) is 67.5 Å². The standard InChI is InChI=1S/C56H57N3O/c1-35(2)41-31-46(36(3)4)53(60)47(32-41)54-58-52-45(22-17-23-51(52)59(54)50-25-24-39(33-48(50)56(8,9)10)37-18-13-11-14-19-37)42-28-43(30-44(29-42)55(5,6)7)49-34-40(26-27-57-49)38-20-15-12-16-21-38/h11-36,60H,1-10H3. The Hall–Kier alpha value is -6.26. The van der Waals surface area contributed by atoms with E-state index in [-0.39, 0.29) is 28.4 Å². The number of hydrogen-bond acceptors (Lipinski definition) is 3. The fourth-order valence-electron chi connectivity index (χ4n) is 8.29. The minimum absolute atomic E-state index is 0.124. The molecule has 60 heavy (non-hydrogen) atoms. The van der Waals surface area contributed by atoms with Crippen molar-refractivity contribution in [2.24, 2.45) is 0 Å². The monoisotopic (exact) mass is 787 g/mol. The van der Waals surface area contributed by atoms with E-state index in [1.165, 1.54) is 27.8 Å². The van der Waals surface area contributed by atoms with Gasteiger partial charge in [0.2, 0.25) is 0 Å². The molecule has 8 aromatic rings. The highest BCUT2D eigenvalue weighted by atomic mass is 16.3. The van der Waals surface area contributed by atoms with Gasteiger partial charge in [-0.1, -0.05) is 160 Å². The van der Waals surface area contributed by atoms with Gasteiger partial charge in [0, 0.05) is 17.3 Å². The highest BCUT2D eigenvalue weighted by Gasteiger charge is 2.28. The van der Waals surface area contributed by atoms with E-state index in [4.69, 9.17) is 9.97 Å². The first-order valence-corrected chi connectivity index (χ1v) is 21.3. The zero-order chi connectivity index (χ0) is 42.5. The molecule has 0 amide bonds. The van der Waals surface area contributed by atoms with Crippen LogP contribution in [0, 0.1) is 0 Å². The maximum absolute atomic E-state index is 12.3. The van der Waals surface area contributed by atoms with Gasteiger partial charge in [0.05, 0.1) is 28.0 Å². The molecule has 0 aliphatic carbocycles. The van der Waals surface area contributed by atoms with E-state index in [1.54, 1.807) is 0 Å². The number of fused-ring (bicyclic) bond motifs is 1. The summed E-state index contributed by atoms with van der Waals surface area (Å²) < 4.78 is 2.30. The Morgan fingerprint density at radius 1 is 0.533 bits per heavy atom. The third-order valence-electron chi connectivity index (χ3n) is 11.8. The van der Waals surface area contributed by atoms with Gasteiger partial charge in [0.15, 0.2) is 0 Å². The lowest BCUT2D eigenvalue weighted by Gasteiger charge is -2.26. The SMILES string of the molecule is CC(C)c1cc(-c2nc3c(-c4cc(-c5cc(-c6ccccc6)ccn5)cc(C(C)(C)C)c4)cccc3n2-c2ccc(-c3ccccc3)cc2C(C)(C)C)c(O)c(C(C)C)c1. The highest BCUT2D eigenvalue weighted by molar-refractivity contribution is 5.97. The van der Waals surface area contributed by atoms with Crippen LogP contribution in [0.3, 0.4) is 0 Å². The van der Waals surface area contributed by atoms with Gasteiger partial charge >= 0.3 is 0 Å². The number of benzene rings is 6. The largest absolute Gasteiger partial charge is 0.507 e. The van der Waals surface area contributed by atoms with Crippen molar-refractivity contribution in [3.63, 3.8) is 0 Å². The second kappa shape index (κ2) is 15.7. The number of aromatic hydroxyl groups is 1. The van der Waals surface area contributed by atoms with Crippen molar-refractivity contribution in [1.82, 2.24) is 14.5 Å². The summed E-state index contributed by atoms with van der Waals surface area (Å²) in [6, 6.07) is 49.9. The quantitative estimate of drug-likeness (QED) is 0.167. The van der Waals surface area contributed by atoms with Crippen LogP contribution in [-0.2, 0) is 10.8 Å². The third-order valence-corrected chi connectivity index (χ3v) is 11.8. The average Bonchev–Trinajstić information content (AvgIpc) is 3.62. The van der Waals surface area contributed by atoms with Gasteiger partial charge in [-0.05, 0) is 121 Å². The van der Waals surface area contributed by atoms with Crippen LogP contribution in [0.2, 0.25) is 0 Å². The number of pyridine rings is 1. The molecule has 4 heteroatoms. The molecule has 0 saturated heterocycles. The van der Waals surface area contributed by atoms with Crippen LogP contribution in [0.15, 0.2) is 146 Å². The van der Waals surface area contributed by atoms with Crippen LogP contribution < -0.4 is 0 Å². The van der Waals surface area contributed by atoms with Crippen molar-refractivity contribution in [1.29, 1.82) is 0 Å². The van der Waals surface area contributed by atoms with Gasteiger partial charge in [-0.25, -0.2) is 4.98 Å². The molecule has 0 fully saturated rings. The summed E-state index contributed by atoms with van der Waals surface area (Å²) in [4.78, 5) is 10.6. The van der Waals surface area contributed by atoms with E-state index in [2.05, 4.69) is 207 Å². The molecule has 0 atom stereocenters. The lowest BCUT2D eigenvalue weighted by Crippen LogP contribution is -2.16. The van der Waals surface area contributed by atoms with Gasteiger partial charge in [-0.3, -0.25) is 9.55 Å². The van der Waals surface area contributed by atoms with E-state index in [9.17, 15) is 5.11 Å². The molecular weight excluding hydrogens is 731 g/mol. The van der Waals surface area contributed by atoms with Gasteiger partial charge in [0.25, 0.3) is 0 Å². The number of nitrogens with zero attached hydrogens (tertiary/aromatic N) is 3. The van der Waals surface area contributed by atoms with Gasteiger partial charge < -0.3 is 5.11 Å². The van der Waals surface area contributed by atoms with Gasteiger partial charge in [0.1, 0.15) is 11.6 Å². The molecule has 0 saturated carbocycles. The topological polar surface area (TPSA) is 50.9 Å². The molecule has 0 radical (unpaired) electrons. The van der Waals surface area contributed by atoms with Gasteiger partial charge in [-0.15, -0.1) is 0 Å². The first kappa shape index (κ1) is 40.5. The summed E-state index contributed by atoms with van der Waals surface area (Å²) in [6.45, 7) is 22.3. The summed E-state index contributed by atoms with van der Waals surface area (Å²) in [5.74, 6) is 1.39. The van der Waals surface area contributed by atoms with Crippen LogP contribution in [-0.4, -0.2) is 19.6 Å². The normalized spacial score (nSPS) is 12.2. The van der Waals surface area contributed by atoms with E-state index < -0.39 is 0 Å². The zero-order valence-corrected chi connectivity index (χ0v) is 36.8. The number of rotatable bonds is 8. The fraction of sp³-hybridized carbons (Fsp3) is 0.250. The summed E-state index contributed by atoms with van der Waals surface area (Å²) in [5.41, 5.74) is 16.5. The molecule has 302 valence electrons. The first-order valence-electron chi connectivity index (χ1n) is 21.3. The first-order chi connectivity index (χ1) is 28.6. The number of hydrogen-bond donors (Lipinski definition) is 1. The van der Waals surface area contributed by atoms with Gasteiger partial charge in [-0.2, -0.15) is 0 Å². The molecule has 0 aliphatic heterocycles. The predicted octanol–water partition coefficient (Wildman–Crippen LogP) is 15.3. The Labute approximate surface area is 356 Å². The molecule has 6 aromatic carbocycles. The van der Waals surface area contributed by atoms with E-state index in [0.29, 0.717) is 0 Å². The summed E-state index contributed by atoms with van der Waals surface area (Å²) in [5, 5.41) is 12.3. The second-order valence-electron chi connectivity index (χ2n) is 19.0. The molecule has 0 spiro atoms. The third kappa shape index (κ3) is 7.79. The number of para-hydroxylation sites is 1. The van der Waals surface area contributed by atoms with E-state index in [0.717, 1.165) is 67.2 Å². The van der Waals surface area contributed by atoms with Crippen molar-refractivity contribution in [3.05, 3.63) is 168 Å². The molecule has 1 N–H and O–H groups in total. The number of imidazole rings is 1. The van der Waals surface area contributed by atoms with Crippen molar-refractivity contribution >= 4 is 11.0 Å². The number of aromatic nitrogens is 3. The lowest BCUT2D eigenvalue weighted by molar-refractivity contribution is 0.466. The van der Waals surface area contributed by atoms with E-state index >= 15 is 0 Å². The van der Waals surface area contributed by atoms with Crippen molar-refractivity contribution in [2.45, 2.75) is 91.9 Å². The molecule has 4 nitrogen and oxygen atoms in total. The van der Waals surface area contributed by atoms with Crippen molar-refractivity contribution < 1.29 is 5.11 Å². The molecule has 2 heterocycles. The predicted molar refractivity (Wildman–Crippen MR) is 253 cm³/mol. The minimum Gasteiger partial charge on any atom is -0.507 e. The Bertz CT molecular complexity index is 2830. The summed E-state index contributed by atoms with van der Waals surface area (Å²) in [6.07, 6.45) is 1.91. The van der Waals surface area contributed by atoms with E-state index in [1.807, 2.05) is 12.3 Å². The number of phenols is 1. The second-order valence-corrected chi connectivity index (χ2v) is 19.0. The summed E-state index contributed by atoms with van der Waals surface area (Å²) >= 11 is 0. The van der Waals surface area contributed by atoms with Crippen LogP contribution in [0.5, 0.6) is 5.75 Å². The maximum atomic E-state index is 12.3. The molecule has 0 unspecified atom stereocenters. The van der Waals surface area contributed by atoms with Crippen LogP contribution in [0.4, 0.5) is 0 Å². The average molecular weight is 788 g/mol. The Morgan fingerprint density at radius 2 is 1.18 bits per heavy atom. The summed E-state index contributed by atoms with van der Waals surface area (Å²) in [7, 11) is 0. The molecule has 0 aliphatic rings. The number of phenolic OH excluding ortho intramolecular Hbond substituents is 1. The maximum Gasteiger partial charge on any atom is 0.149 e. The van der Waals surface area contributed by atoms with Crippen LogP contribution in [0.25, 0.3) is 72.7 Å². The smallest absolute Gasteiger partial charge is 0.149 e. The lowest BCUT2D eigenvalue weighted by atomic mass is 9.83. The molecule has 8 rings (SSSR count).